The zero-order valence-corrected chi connectivity index (χ0v) is 12.2. The third kappa shape index (κ3) is 3.58. The number of halogens is 1. The van der Waals surface area contributed by atoms with E-state index in [1.54, 1.807) is 24.5 Å². The summed E-state index contributed by atoms with van der Waals surface area (Å²) in [6, 6.07) is 11.2. The van der Waals surface area contributed by atoms with Crippen LogP contribution in [0, 0.1) is 0 Å². The number of benzene rings is 1. The summed E-state index contributed by atoms with van der Waals surface area (Å²) in [6.07, 6.45) is 0.382. The topological polar surface area (TPSA) is 38.3 Å². The highest BCUT2D eigenvalue weighted by atomic mass is 79.9. The number of nitrogens with one attached hydrogen (secondary N) is 1. The summed E-state index contributed by atoms with van der Waals surface area (Å²) < 4.78 is 6.14. The van der Waals surface area contributed by atoms with Crippen molar-refractivity contribution in [1.29, 1.82) is 0 Å². The maximum atomic E-state index is 11.8. The average Bonchev–Trinajstić information content (AvgIpc) is 2.74. The number of ether oxygens (including phenoxy) is 1. The van der Waals surface area contributed by atoms with Crippen LogP contribution in [0.5, 0.6) is 5.75 Å². The van der Waals surface area contributed by atoms with Crippen molar-refractivity contribution in [2.24, 2.45) is 0 Å². The van der Waals surface area contributed by atoms with Gasteiger partial charge in [-0.15, -0.1) is 11.3 Å². The summed E-state index contributed by atoms with van der Waals surface area (Å²) in [5.41, 5.74) is 0.745. The van der Waals surface area contributed by atoms with Gasteiger partial charge in [-0.2, -0.15) is 0 Å². The number of carbonyl (C=O) groups excluding carboxylic acids is 1. The lowest BCUT2D eigenvalue weighted by atomic mass is 10.2. The van der Waals surface area contributed by atoms with Crippen LogP contribution in [0.15, 0.2) is 40.2 Å². The number of anilines is 1. The number of methoxy groups -OCH3 is 1. The number of amides is 1. The number of carbonyl (C=O) groups is 1. The molecule has 5 heteroatoms. The van der Waals surface area contributed by atoms with E-state index < -0.39 is 0 Å². The standard InChI is InChI=1S/C13H12BrNO2S/c1-17-10-4-2-3-9(7-10)15-13(16)8-11-5-6-12(14)18-11/h2-7H,8H2,1H3,(H,15,16). The fraction of sp³-hybridized carbons (Fsp3) is 0.154. The number of hydrogen-bond donors (Lipinski definition) is 1. The van der Waals surface area contributed by atoms with Crippen molar-refractivity contribution in [3.05, 3.63) is 45.1 Å². The minimum absolute atomic E-state index is 0.0300. The van der Waals surface area contributed by atoms with E-state index in [-0.39, 0.29) is 5.91 Å². The minimum atomic E-state index is -0.0300. The van der Waals surface area contributed by atoms with E-state index >= 15 is 0 Å². The molecule has 0 unspecified atom stereocenters. The molecule has 3 nitrogen and oxygen atoms in total. The Hall–Kier alpha value is -1.33. The van der Waals surface area contributed by atoms with Crippen LogP contribution in [0.4, 0.5) is 5.69 Å². The molecule has 0 saturated heterocycles. The minimum Gasteiger partial charge on any atom is -0.497 e. The van der Waals surface area contributed by atoms with Crippen molar-refractivity contribution < 1.29 is 9.53 Å². The van der Waals surface area contributed by atoms with Crippen LogP contribution in [0.2, 0.25) is 0 Å². The molecule has 94 valence electrons. The molecule has 18 heavy (non-hydrogen) atoms. The van der Waals surface area contributed by atoms with Crippen molar-refractivity contribution in [3.8, 4) is 5.75 Å². The van der Waals surface area contributed by atoms with Gasteiger partial charge in [-0.3, -0.25) is 4.79 Å². The van der Waals surface area contributed by atoms with E-state index in [4.69, 9.17) is 4.74 Å². The molecule has 0 aliphatic carbocycles. The fourth-order valence-corrected chi connectivity index (χ4v) is 2.99. The highest BCUT2D eigenvalue weighted by molar-refractivity contribution is 9.11. The molecule has 1 N–H and O–H groups in total. The quantitative estimate of drug-likeness (QED) is 0.930. The number of rotatable bonds is 4. The molecular weight excluding hydrogens is 314 g/mol. The Kier molecular flexibility index (Phi) is 4.38. The molecule has 1 aromatic carbocycles. The first-order valence-electron chi connectivity index (χ1n) is 5.35. The molecule has 0 bridgehead atoms. The molecular formula is C13H12BrNO2S. The molecule has 0 aliphatic heterocycles. The van der Waals surface area contributed by atoms with Gasteiger partial charge in [-0.05, 0) is 40.2 Å². The molecule has 1 amide bonds. The summed E-state index contributed by atoms with van der Waals surface area (Å²) in [5.74, 6) is 0.698. The molecule has 2 aromatic rings. The third-order valence-corrected chi connectivity index (χ3v) is 3.94. The smallest absolute Gasteiger partial charge is 0.229 e. The van der Waals surface area contributed by atoms with Gasteiger partial charge in [0.2, 0.25) is 5.91 Å². The molecule has 0 spiro atoms. The summed E-state index contributed by atoms with van der Waals surface area (Å²) in [7, 11) is 1.60. The van der Waals surface area contributed by atoms with Crippen LogP contribution < -0.4 is 10.1 Å². The van der Waals surface area contributed by atoms with Crippen molar-refractivity contribution in [2.75, 3.05) is 12.4 Å². The predicted octanol–water partition coefficient (Wildman–Crippen LogP) is 3.70. The van der Waals surface area contributed by atoms with Crippen LogP contribution in [0.25, 0.3) is 0 Å². The first kappa shape index (κ1) is 13.1. The molecule has 2 rings (SSSR count). The maximum Gasteiger partial charge on any atom is 0.229 e. The SMILES string of the molecule is COc1cccc(NC(=O)Cc2ccc(Br)s2)c1. The Morgan fingerprint density at radius 3 is 2.89 bits per heavy atom. The van der Waals surface area contributed by atoms with Gasteiger partial charge in [0.25, 0.3) is 0 Å². The average molecular weight is 326 g/mol. The highest BCUT2D eigenvalue weighted by Gasteiger charge is 2.06. The lowest BCUT2D eigenvalue weighted by Crippen LogP contribution is -2.13. The van der Waals surface area contributed by atoms with Gasteiger partial charge < -0.3 is 10.1 Å². The Morgan fingerprint density at radius 1 is 1.39 bits per heavy atom. The number of thiophene rings is 1. The van der Waals surface area contributed by atoms with Crippen molar-refractivity contribution >= 4 is 38.9 Å². The summed E-state index contributed by atoms with van der Waals surface area (Å²) in [6.45, 7) is 0. The maximum absolute atomic E-state index is 11.8. The van der Waals surface area contributed by atoms with E-state index in [2.05, 4.69) is 21.2 Å². The molecule has 1 aromatic heterocycles. The van der Waals surface area contributed by atoms with Crippen molar-refractivity contribution in [1.82, 2.24) is 0 Å². The Morgan fingerprint density at radius 2 is 2.22 bits per heavy atom. The van der Waals surface area contributed by atoms with E-state index in [0.29, 0.717) is 6.42 Å². The van der Waals surface area contributed by atoms with Gasteiger partial charge in [0.1, 0.15) is 5.75 Å². The lowest BCUT2D eigenvalue weighted by molar-refractivity contribution is -0.115. The first-order valence-corrected chi connectivity index (χ1v) is 6.96. The largest absolute Gasteiger partial charge is 0.497 e. The second-order valence-electron chi connectivity index (χ2n) is 3.66. The second kappa shape index (κ2) is 6.02. The van der Waals surface area contributed by atoms with E-state index in [1.807, 2.05) is 30.3 Å². The van der Waals surface area contributed by atoms with Gasteiger partial charge in [0.15, 0.2) is 0 Å². The Labute approximate surface area is 118 Å². The monoisotopic (exact) mass is 325 g/mol. The van der Waals surface area contributed by atoms with Gasteiger partial charge in [-0.25, -0.2) is 0 Å². The van der Waals surface area contributed by atoms with Crippen molar-refractivity contribution in [3.63, 3.8) is 0 Å². The molecule has 0 atom stereocenters. The van der Waals surface area contributed by atoms with Gasteiger partial charge in [0.05, 0.1) is 17.3 Å². The lowest BCUT2D eigenvalue weighted by Gasteiger charge is -2.06. The molecule has 0 radical (unpaired) electrons. The highest BCUT2D eigenvalue weighted by Crippen LogP contribution is 2.23. The Balaban J connectivity index is 1.98. The van der Waals surface area contributed by atoms with Crippen LogP contribution >= 0.6 is 27.3 Å². The van der Waals surface area contributed by atoms with Crippen molar-refractivity contribution in [2.45, 2.75) is 6.42 Å². The van der Waals surface area contributed by atoms with Crippen LogP contribution in [0.1, 0.15) is 4.88 Å². The summed E-state index contributed by atoms with van der Waals surface area (Å²) in [4.78, 5) is 12.9. The van der Waals surface area contributed by atoms with Crippen LogP contribution in [-0.2, 0) is 11.2 Å². The molecule has 1 heterocycles. The Bertz CT molecular complexity index is 553. The third-order valence-electron chi connectivity index (χ3n) is 2.32. The zero-order chi connectivity index (χ0) is 13.0. The van der Waals surface area contributed by atoms with Crippen LogP contribution in [0.3, 0.4) is 0 Å². The first-order chi connectivity index (χ1) is 8.67. The van der Waals surface area contributed by atoms with E-state index in [1.165, 1.54) is 0 Å². The molecule has 0 fully saturated rings. The van der Waals surface area contributed by atoms with Gasteiger partial charge >= 0.3 is 0 Å². The summed E-state index contributed by atoms with van der Waals surface area (Å²) >= 11 is 4.94. The molecule has 0 saturated carbocycles. The second-order valence-corrected chi connectivity index (χ2v) is 6.21. The zero-order valence-electron chi connectivity index (χ0n) is 9.77. The number of hydrogen-bond acceptors (Lipinski definition) is 3. The van der Waals surface area contributed by atoms with Crippen LogP contribution in [-0.4, -0.2) is 13.0 Å². The predicted molar refractivity (Wildman–Crippen MR) is 77.3 cm³/mol. The van der Waals surface area contributed by atoms with Gasteiger partial charge in [0, 0.05) is 16.6 Å². The fourth-order valence-electron chi connectivity index (χ4n) is 1.51. The van der Waals surface area contributed by atoms with Gasteiger partial charge in [-0.1, -0.05) is 6.07 Å². The summed E-state index contributed by atoms with van der Waals surface area (Å²) in [5, 5.41) is 2.85. The normalized spacial score (nSPS) is 10.1. The van der Waals surface area contributed by atoms with E-state index in [0.717, 1.165) is 20.1 Å². The van der Waals surface area contributed by atoms with E-state index in [9.17, 15) is 4.79 Å². The molecule has 0 aliphatic rings.